The maximum absolute atomic E-state index is 11.5. The highest BCUT2D eigenvalue weighted by Crippen LogP contribution is 2.10. The summed E-state index contributed by atoms with van der Waals surface area (Å²) in [6.07, 6.45) is 4.99. The molecule has 7 heteroatoms. The van der Waals surface area contributed by atoms with Gasteiger partial charge < -0.3 is 14.8 Å². The lowest BCUT2D eigenvalue weighted by atomic mass is 10.2. The fourth-order valence-electron chi connectivity index (χ4n) is 1.83. The number of carbonyl (C=O) groups excluding carboxylic acids is 2. The van der Waals surface area contributed by atoms with Crippen LogP contribution in [0.1, 0.15) is 23.2 Å². The van der Waals surface area contributed by atoms with Gasteiger partial charge in [-0.2, -0.15) is 5.10 Å². The Bertz CT molecular complexity index is 452. The van der Waals surface area contributed by atoms with Gasteiger partial charge in [0, 0.05) is 26.4 Å². The number of aromatic nitrogens is 2. The van der Waals surface area contributed by atoms with Gasteiger partial charge in [0.15, 0.2) is 6.61 Å². The van der Waals surface area contributed by atoms with Gasteiger partial charge in [-0.3, -0.25) is 9.48 Å². The molecule has 0 aromatic carbocycles. The monoisotopic (exact) mass is 267 g/mol. The van der Waals surface area contributed by atoms with Gasteiger partial charge >= 0.3 is 5.97 Å². The molecule has 0 saturated carbocycles. The zero-order valence-corrected chi connectivity index (χ0v) is 10.8. The molecule has 0 bridgehead atoms. The van der Waals surface area contributed by atoms with Crippen molar-refractivity contribution in [3.63, 3.8) is 0 Å². The Morgan fingerprint density at radius 3 is 3.11 bits per heavy atom. The Kier molecular flexibility index (Phi) is 4.51. The highest BCUT2D eigenvalue weighted by molar-refractivity contribution is 5.90. The van der Waals surface area contributed by atoms with Crippen molar-refractivity contribution in [3.8, 4) is 0 Å². The van der Waals surface area contributed by atoms with Crippen LogP contribution in [0, 0.1) is 0 Å². The maximum Gasteiger partial charge on any atom is 0.341 e. The molecule has 0 radical (unpaired) electrons. The normalized spacial score (nSPS) is 18.3. The lowest BCUT2D eigenvalue weighted by molar-refractivity contribution is -0.124. The van der Waals surface area contributed by atoms with E-state index in [2.05, 4.69) is 10.4 Å². The number of ether oxygens (including phenoxy) is 2. The van der Waals surface area contributed by atoms with Crippen molar-refractivity contribution >= 4 is 11.9 Å². The van der Waals surface area contributed by atoms with Crippen LogP contribution >= 0.6 is 0 Å². The number of amides is 1. The summed E-state index contributed by atoms with van der Waals surface area (Å²) in [6, 6.07) is 0. The Morgan fingerprint density at radius 1 is 1.63 bits per heavy atom. The fraction of sp³-hybridized carbons (Fsp3) is 0.583. The van der Waals surface area contributed by atoms with Gasteiger partial charge in [0.1, 0.15) is 0 Å². The number of esters is 1. The molecule has 1 atom stereocenters. The molecule has 1 aromatic rings. The molecule has 1 aliphatic rings. The van der Waals surface area contributed by atoms with Crippen LogP contribution in [0.2, 0.25) is 0 Å². The first-order valence-electron chi connectivity index (χ1n) is 6.19. The van der Waals surface area contributed by atoms with Crippen molar-refractivity contribution < 1.29 is 19.1 Å². The highest BCUT2D eigenvalue weighted by atomic mass is 16.5. The van der Waals surface area contributed by atoms with E-state index in [9.17, 15) is 9.59 Å². The van der Waals surface area contributed by atoms with E-state index in [1.54, 1.807) is 7.05 Å². The van der Waals surface area contributed by atoms with E-state index in [0.29, 0.717) is 12.1 Å². The summed E-state index contributed by atoms with van der Waals surface area (Å²) in [7, 11) is 1.70. The first-order chi connectivity index (χ1) is 9.15. The van der Waals surface area contributed by atoms with Crippen LogP contribution in [-0.4, -0.2) is 47.5 Å². The summed E-state index contributed by atoms with van der Waals surface area (Å²) < 4.78 is 11.7. The van der Waals surface area contributed by atoms with Crippen LogP contribution < -0.4 is 5.32 Å². The molecule has 1 N–H and O–H groups in total. The summed E-state index contributed by atoms with van der Waals surface area (Å²) >= 11 is 0. The molecule has 2 heterocycles. The molecule has 104 valence electrons. The molecule has 0 aliphatic carbocycles. The third-order valence-electron chi connectivity index (χ3n) is 2.83. The second-order valence-electron chi connectivity index (χ2n) is 4.42. The minimum Gasteiger partial charge on any atom is -0.452 e. The van der Waals surface area contributed by atoms with Crippen LogP contribution in [0.4, 0.5) is 0 Å². The minimum atomic E-state index is -0.555. The molecule has 1 fully saturated rings. The molecule has 1 saturated heterocycles. The van der Waals surface area contributed by atoms with E-state index in [-0.39, 0.29) is 18.6 Å². The predicted octanol–water partition coefficient (Wildman–Crippen LogP) is -0.128. The van der Waals surface area contributed by atoms with Gasteiger partial charge in [-0.1, -0.05) is 0 Å². The summed E-state index contributed by atoms with van der Waals surface area (Å²) in [5.74, 6) is -0.881. The van der Waals surface area contributed by atoms with Crippen molar-refractivity contribution in [2.24, 2.45) is 7.05 Å². The zero-order chi connectivity index (χ0) is 13.7. The molecule has 0 unspecified atom stereocenters. The standard InChI is InChI=1S/C12H17N3O4/c1-15-7-9(5-14-15)12(17)19-8-11(16)13-6-10-3-2-4-18-10/h5,7,10H,2-4,6,8H2,1H3,(H,13,16)/t10-/m1/s1. The fourth-order valence-corrected chi connectivity index (χ4v) is 1.83. The second kappa shape index (κ2) is 6.33. The van der Waals surface area contributed by atoms with Gasteiger partial charge in [-0.05, 0) is 12.8 Å². The van der Waals surface area contributed by atoms with E-state index >= 15 is 0 Å². The van der Waals surface area contributed by atoms with E-state index in [4.69, 9.17) is 9.47 Å². The topological polar surface area (TPSA) is 82.5 Å². The van der Waals surface area contributed by atoms with E-state index in [1.807, 2.05) is 0 Å². The first-order valence-corrected chi connectivity index (χ1v) is 6.19. The van der Waals surface area contributed by atoms with Crippen molar-refractivity contribution in [1.29, 1.82) is 0 Å². The van der Waals surface area contributed by atoms with Crippen molar-refractivity contribution in [2.75, 3.05) is 19.8 Å². The minimum absolute atomic E-state index is 0.0815. The van der Waals surface area contributed by atoms with Crippen LogP contribution in [-0.2, 0) is 21.3 Å². The number of hydrogen-bond donors (Lipinski definition) is 1. The molecule has 0 spiro atoms. The van der Waals surface area contributed by atoms with E-state index in [0.717, 1.165) is 19.4 Å². The molecule has 1 amide bonds. The second-order valence-corrected chi connectivity index (χ2v) is 4.42. The van der Waals surface area contributed by atoms with Crippen LogP contribution in [0.25, 0.3) is 0 Å². The number of nitrogens with one attached hydrogen (secondary N) is 1. The molecular weight excluding hydrogens is 250 g/mol. The van der Waals surface area contributed by atoms with Crippen LogP contribution in [0.3, 0.4) is 0 Å². The Balaban J connectivity index is 1.66. The van der Waals surface area contributed by atoms with Gasteiger partial charge in [0.05, 0.1) is 17.9 Å². The summed E-state index contributed by atoms with van der Waals surface area (Å²) in [6.45, 7) is 0.917. The first kappa shape index (κ1) is 13.5. The SMILES string of the molecule is Cn1cc(C(=O)OCC(=O)NC[C@H]2CCCO2)cn1. The summed E-state index contributed by atoms with van der Waals surface area (Å²) in [5, 5.41) is 6.53. The van der Waals surface area contributed by atoms with Gasteiger partial charge in [0.2, 0.25) is 0 Å². The quantitative estimate of drug-likeness (QED) is 0.752. The lowest BCUT2D eigenvalue weighted by Crippen LogP contribution is -2.34. The summed E-state index contributed by atoms with van der Waals surface area (Å²) in [4.78, 5) is 23.0. The van der Waals surface area contributed by atoms with Crippen molar-refractivity contribution in [3.05, 3.63) is 18.0 Å². The summed E-state index contributed by atoms with van der Waals surface area (Å²) in [5.41, 5.74) is 0.328. The lowest BCUT2D eigenvalue weighted by Gasteiger charge is -2.10. The maximum atomic E-state index is 11.5. The third kappa shape index (κ3) is 4.06. The third-order valence-corrected chi connectivity index (χ3v) is 2.83. The van der Waals surface area contributed by atoms with E-state index in [1.165, 1.54) is 17.1 Å². The molecule has 1 aliphatic heterocycles. The predicted molar refractivity (Wildman–Crippen MR) is 65.5 cm³/mol. The largest absolute Gasteiger partial charge is 0.452 e. The molecule has 2 rings (SSSR count). The van der Waals surface area contributed by atoms with E-state index < -0.39 is 5.97 Å². The van der Waals surface area contributed by atoms with Crippen molar-refractivity contribution in [1.82, 2.24) is 15.1 Å². The average molecular weight is 267 g/mol. The zero-order valence-electron chi connectivity index (χ0n) is 10.8. The molecular formula is C12H17N3O4. The van der Waals surface area contributed by atoms with Crippen LogP contribution in [0.5, 0.6) is 0 Å². The molecule has 1 aromatic heterocycles. The highest BCUT2D eigenvalue weighted by Gasteiger charge is 2.17. The number of nitrogens with zero attached hydrogens (tertiary/aromatic N) is 2. The molecule has 7 nitrogen and oxygen atoms in total. The average Bonchev–Trinajstić information content (AvgIpc) is 3.04. The number of carbonyl (C=O) groups is 2. The van der Waals surface area contributed by atoms with Crippen LogP contribution in [0.15, 0.2) is 12.4 Å². The van der Waals surface area contributed by atoms with Gasteiger partial charge in [-0.15, -0.1) is 0 Å². The van der Waals surface area contributed by atoms with Crippen molar-refractivity contribution in [2.45, 2.75) is 18.9 Å². The number of aryl methyl sites for hydroxylation is 1. The smallest absolute Gasteiger partial charge is 0.341 e. The molecule has 19 heavy (non-hydrogen) atoms. The van der Waals surface area contributed by atoms with Gasteiger partial charge in [0.25, 0.3) is 5.91 Å². The Labute approximate surface area is 110 Å². The number of rotatable bonds is 5. The van der Waals surface area contributed by atoms with Gasteiger partial charge in [-0.25, -0.2) is 4.79 Å². The Hall–Kier alpha value is -1.89. The number of hydrogen-bond acceptors (Lipinski definition) is 5. The Morgan fingerprint density at radius 2 is 2.47 bits per heavy atom.